The topological polar surface area (TPSA) is 55.6 Å². The Morgan fingerprint density at radius 1 is 1.30 bits per heavy atom. The van der Waals surface area contributed by atoms with Crippen LogP contribution in [0.15, 0.2) is 0 Å². The fraction of sp³-hybridized carbons (Fsp3) is 0.938. The second-order valence-electron chi connectivity index (χ2n) is 7.68. The zero-order valence-electron chi connectivity index (χ0n) is 13.3. The highest BCUT2D eigenvalue weighted by molar-refractivity contribution is 5.68. The van der Waals surface area contributed by atoms with Crippen molar-refractivity contribution in [3.05, 3.63) is 0 Å². The Balaban J connectivity index is 1.93. The molecule has 0 aromatic carbocycles. The highest BCUT2D eigenvalue weighted by Gasteiger charge is 2.40. The molecule has 1 saturated heterocycles. The Hall–Kier alpha value is -0.770. The van der Waals surface area contributed by atoms with Crippen molar-refractivity contribution in [3.8, 4) is 0 Å². The third-order valence-electron chi connectivity index (χ3n) is 4.81. The first-order valence-electron chi connectivity index (χ1n) is 8.02. The molecule has 0 aromatic heterocycles. The van der Waals surface area contributed by atoms with E-state index in [1.54, 1.807) is 0 Å². The molecule has 0 unspecified atom stereocenters. The van der Waals surface area contributed by atoms with E-state index in [0.29, 0.717) is 11.3 Å². The first-order chi connectivity index (χ1) is 9.34. The van der Waals surface area contributed by atoms with Crippen LogP contribution >= 0.6 is 0 Å². The average molecular weight is 282 g/mol. The van der Waals surface area contributed by atoms with E-state index in [9.17, 15) is 4.79 Å². The number of hydrogen-bond acceptors (Lipinski definition) is 3. The van der Waals surface area contributed by atoms with Gasteiger partial charge in [-0.1, -0.05) is 0 Å². The molecule has 1 heterocycles. The molecule has 1 spiro atoms. The van der Waals surface area contributed by atoms with E-state index in [-0.39, 0.29) is 6.09 Å². The van der Waals surface area contributed by atoms with E-state index >= 15 is 0 Å². The van der Waals surface area contributed by atoms with Gasteiger partial charge in [0.05, 0.1) is 0 Å². The van der Waals surface area contributed by atoms with Crippen molar-refractivity contribution < 1.29 is 9.53 Å². The molecule has 2 N–H and O–H groups in total. The number of ether oxygens (including phenoxy) is 1. The fourth-order valence-electron chi connectivity index (χ4n) is 3.62. The first kappa shape index (κ1) is 15.6. The lowest BCUT2D eigenvalue weighted by Gasteiger charge is -2.46. The SMILES string of the molecule is CC(C)(C)OC(=O)N1CCCC2(CCC(CN)CC2)C1. The number of rotatable bonds is 1. The van der Waals surface area contributed by atoms with Crippen LogP contribution in [0.1, 0.15) is 59.3 Å². The number of piperidine rings is 1. The normalized spacial score (nSPS) is 31.4. The molecule has 1 aliphatic carbocycles. The molecule has 4 heteroatoms. The summed E-state index contributed by atoms with van der Waals surface area (Å²) in [5, 5.41) is 0. The smallest absolute Gasteiger partial charge is 0.410 e. The van der Waals surface area contributed by atoms with Crippen molar-refractivity contribution in [1.29, 1.82) is 0 Å². The summed E-state index contributed by atoms with van der Waals surface area (Å²) in [6.45, 7) is 8.31. The highest BCUT2D eigenvalue weighted by Crippen LogP contribution is 2.44. The summed E-state index contributed by atoms with van der Waals surface area (Å²) in [4.78, 5) is 14.2. The Labute approximate surface area is 123 Å². The average Bonchev–Trinajstić information content (AvgIpc) is 2.38. The minimum absolute atomic E-state index is 0.141. The van der Waals surface area contributed by atoms with Gasteiger partial charge in [-0.05, 0) is 77.2 Å². The van der Waals surface area contributed by atoms with Gasteiger partial charge in [0.15, 0.2) is 0 Å². The molecule has 0 atom stereocenters. The lowest BCUT2D eigenvalue weighted by atomic mass is 9.66. The summed E-state index contributed by atoms with van der Waals surface area (Å²) in [7, 11) is 0. The summed E-state index contributed by atoms with van der Waals surface area (Å²) in [6, 6.07) is 0. The van der Waals surface area contributed by atoms with E-state index < -0.39 is 5.60 Å². The van der Waals surface area contributed by atoms with Crippen LogP contribution in [0.4, 0.5) is 4.79 Å². The van der Waals surface area contributed by atoms with Crippen LogP contribution in [0.2, 0.25) is 0 Å². The second kappa shape index (κ2) is 5.92. The maximum atomic E-state index is 12.2. The predicted molar refractivity (Wildman–Crippen MR) is 80.5 cm³/mol. The number of carbonyl (C=O) groups is 1. The molecule has 20 heavy (non-hydrogen) atoms. The van der Waals surface area contributed by atoms with E-state index in [4.69, 9.17) is 10.5 Å². The number of nitrogens with zero attached hydrogens (tertiary/aromatic N) is 1. The molecular formula is C16H30N2O2. The molecule has 2 aliphatic rings. The quantitative estimate of drug-likeness (QED) is 0.803. The van der Waals surface area contributed by atoms with Gasteiger partial charge in [0, 0.05) is 13.1 Å². The predicted octanol–water partition coefficient (Wildman–Crippen LogP) is 3.15. The second-order valence-corrected chi connectivity index (χ2v) is 7.68. The zero-order valence-corrected chi connectivity index (χ0v) is 13.3. The van der Waals surface area contributed by atoms with Crippen molar-refractivity contribution >= 4 is 6.09 Å². The number of carbonyl (C=O) groups excluding carboxylic acids is 1. The Bertz CT molecular complexity index is 341. The van der Waals surface area contributed by atoms with Gasteiger partial charge in [-0.3, -0.25) is 0 Å². The van der Waals surface area contributed by atoms with Crippen LogP contribution in [-0.4, -0.2) is 36.2 Å². The summed E-state index contributed by atoms with van der Waals surface area (Å²) in [5.41, 5.74) is 5.71. The van der Waals surface area contributed by atoms with Gasteiger partial charge in [0.1, 0.15) is 5.60 Å². The third-order valence-corrected chi connectivity index (χ3v) is 4.81. The number of hydrogen-bond donors (Lipinski definition) is 1. The molecule has 116 valence electrons. The zero-order chi connectivity index (χ0) is 14.8. The number of amides is 1. The lowest BCUT2D eigenvalue weighted by molar-refractivity contribution is -0.00672. The molecule has 0 bridgehead atoms. The van der Waals surface area contributed by atoms with Crippen LogP contribution < -0.4 is 5.73 Å². The molecule has 1 amide bonds. The van der Waals surface area contributed by atoms with Gasteiger partial charge in [-0.15, -0.1) is 0 Å². The molecule has 0 radical (unpaired) electrons. The van der Waals surface area contributed by atoms with Crippen molar-refractivity contribution in [1.82, 2.24) is 4.90 Å². The first-order valence-corrected chi connectivity index (χ1v) is 8.02. The molecule has 1 aliphatic heterocycles. The van der Waals surface area contributed by atoms with Crippen LogP contribution in [0, 0.1) is 11.3 Å². The van der Waals surface area contributed by atoms with Gasteiger partial charge >= 0.3 is 6.09 Å². The molecule has 1 saturated carbocycles. The molecule has 0 aromatic rings. The maximum absolute atomic E-state index is 12.2. The standard InChI is InChI=1S/C16H30N2O2/c1-15(2,3)20-14(19)18-10-4-7-16(12-18)8-5-13(11-17)6-9-16/h13H,4-12,17H2,1-3H3. The monoisotopic (exact) mass is 282 g/mol. The fourth-order valence-corrected chi connectivity index (χ4v) is 3.62. The third kappa shape index (κ3) is 3.87. The lowest BCUT2D eigenvalue weighted by Crippen LogP contribution is -2.49. The summed E-state index contributed by atoms with van der Waals surface area (Å²) >= 11 is 0. The van der Waals surface area contributed by atoms with Gasteiger partial charge in [-0.25, -0.2) is 4.79 Å². The van der Waals surface area contributed by atoms with Gasteiger partial charge in [-0.2, -0.15) is 0 Å². The van der Waals surface area contributed by atoms with Crippen molar-refractivity contribution in [2.24, 2.45) is 17.1 Å². The van der Waals surface area contributed by atoms with E-state index in [1.807, 2.05) is 25.7 Å². The molecule has 2 fully saturated rings. The Morgan fingerprint density at radius 2 is 1.95 bits per heavy atom. The minimum Gasteiger partial charge on any atom is -0.444 e. The van der Waals surface area contributed by atoms with Crippen LogP contribution in [-0.2, 0) is 4.74 Å². The van der Waals surface area contributed by atoms with Crippen LogP contribution in [0.25, 0.3) is 0 Å². The van der Waals surface area contributed by atoms with Crippen LogP contribution in [0.3, 0.4) is 0 Å². The number of likely N-dealkylation sites (tertiary alicyclic amines) is 1. The van der Waals surface area contributed by atoms with Gasteiger partial charge in [0.2, 0.25) is 0 Å². The summed E-state index contributed by atoms with van der Waals surface area (Å²) in [6.07, 6.45) is 7.09. The Kier molecular flexibility index (Phi) is 4.62. The van der Waals surface area contributed by atoms with Gasteiger partial charge in [0.25, 0.3) is 0 Å². The highest BCUT2D eigenvalue weighted by atomic mass is 16.6. The van der Waals surface area contributed by atoms with Crippen molar-refractivity contribution in [3.63, 3.8) is 0 Å². The van der Waals surface area contributed by atoms with E-state index in [0.717, 1.165) is 26.1 Å². The van der Waals surface area contributed by atoms with E-state index in [1.165, 1.54) is 32.1 Å². The largest absolute Gasteiger partial charge is 0.444 e. The van der Waals surface area contributed by atoms with E-state index in [2.05, 4.69) is 0 Å². The summed E-state index contributed by atoms with van der Waals surface area (Å²) in [5.74, 6) is 0.692. The Morgan fingerprint density at radius 3 is 2.50 bits per heavy atom. The number of nitrogens with two attached hydrogens (primary N) is 1. The van der Waals surface area contributed by atoms with Gasteiger partial charge < -0.3 is 15.4 Å². The maximum Gasteiger partial charge on any atom is 0.410 e. The van der Waals surface area contributed by atoms with Crippen molar-refractivity contribution in [2.75, 3.05) is 19.6 Å². The van der Waals surface area contributed by atoms with Crippen LogP contribution in [0.5, 0.6) is 0 Å². The minimum atomic E-state index is -0.404. The van der Waals surface area contributed by atoms with Crippen molar-refractivity contribution in [2.45, 2.75) is 64.9 Å². The molecule has 4 nitrogen and oxygen atoms in total. The summed E-state index contributed by atoms with van der Waals surface area (Å²) < 4.78 is 5.52. The molecular weight excluding hydrogens is 252 g/mol. The molecule has 2 rings (SSSR count).